The fourth-order valence-corrected chi connectivity index (χ4v) is 1.68. The Bertz CT molecular complexity index is 394. The average molecular weight is 213 g/mol. The van der Waals surface area contributed by atoms with Crippen molar-refractivity contribution in [3.63, 3.8) is 0 Å². The number of nitro benzene ring substituents is 1. The fourth-order valence-electron chi connectivity index (χ4n) is 1.50. The van der Waals surface area contributed by atoms with Crippen LogP contribution in [-0.4, -0.2) is 11.0 Å². The maximum atomic E-state index is 10.6. The quantitative estimate of drug-likeness (QED) is 0.603. The van der Waals surface area contributed by atoms with Gasteiger partial charge in [0, 0.05) is 18.0 Å². The fraction of sp³-hybridized carbons (Fsp3) is 0.333. The van der Waals surface area contributed by atoms with Crippen LogP contribution in [0.2, 0.25) is 5.02 Å². The van der Waals surface area contributed by atoms with E-state index in [-0.39, 0.29) is 22.7 Å². The lowest BCUT2D eigenvalue weighted by molar-refractivity contribution is -0.384. The van der Waals surface area contributed by atoms with Crippen LogP contribution in [0.25, 0.3) is 0 Å². The van der Waals surface area contributed by atoms with E-state index in [1.807, 2.05) is 0 Å². The minimum Gasteiger partial charge on any atom is -0.327 e. The third-order valence-corrected chi connectivity index (χ3v) is 2.75. The molecule has 0 spiro atoms. The van der Waals surface area contributed by atoms with E-state index in [2.05, 4.69) is 0 Å². The first-order valence-corrected chi connectivity index (χ1v) is 4.67. The first-order valence-electron chi connectivity index (χ1n) is 4.29. The first-order chi connectivity index (χ1) is 6.59. The second-order valence-electron chi connectivity index (χ2n) is 3.47. The zero-order chi connectivity index (χ0) is 10.3. The Morgan fingerprint density at radius 2 is 2.21 bits per heavy atom. The SMILES string of the molecule is N[C@@H]1C[C@H]1c1ccc(Cl)c([N+](=O)[O-])c1. The molecule has 74 valence electrons. The van der Waals surface area contributed by atoms with E-state index in [4.69, 9.17) is 17.3 Å². The van der Waals surface area contributed by atoms with Gasteiger partial charge in [0.05, 0.1) is 4.92 Å². The van der Waals surface area contributed by atoms with Crippen molar-refractivity contribution in [3.8, 4) is 0 Å². The maximum absolute atomic E-state index is 10.6. The molecule has 1 saturated carbocycles. The van der Waals surface area contributed by atoms with E-state index in [0.717, 1.165) is 12.0 Å². The maximum Gasteiger partial charge on any atom is 0.288 e. The van der Waals surface area contributed by atoms with Crippen molar-refractivity contribution in [1.82, 2.24) is 0 Å². The Morgan fingerprint density at radius 3 is 2.71 bits per heavy atom. The van der Waals surface area contributed by atoms with Gasteiger partial charge >= 0.3 is 0 Å². The summed E-state index contributed by atoms with van der Waals surface area (Å²) in [5.74, 6) is 0.269. The molecule has 1 aromatic rings. The monoisotopic (exact) mass is 212 g/mol. The first kappa shape index (κ1) is 9.43. The lowest BCUT2D eigenvalue weighted by atomic mass is 10.1. The lowest BCUT2D eigenvalue weighted by Crippen LogP contribution is -2.01. The highest BCUT2D eigenvalue weighted by molar-refractivity contribution is 6.32. The van der Waals surface area contributed by atoms with Gasteiger partial charge in [-0.2, -0.15) is 0 Å². The number of nitro groups is 1. The molecule has 0 unspecified atom stereocenters. The van der Waals surface area contributed by atoms with Gasteiger partial charge < -0.3 is 5.73 Å². The number of hydrogen-bond acceptors (Lipinski definition) is 3. The molecule has 0 saturated heterocycles. The molecule has 4 nitrogen and oxygen atoms in total. The van der Waals surface area contributed by atoms with Crippen LogP contribution in [0.4, 0.5) is 5.69 Å². The summed E-state index contributed by atoms with van der Waals surface area (Å²) in [5, 5.41) is 10.8. The highest BCUT2D eigenvalue weighted by atomic mass is 35.5. The van der Waals surface area contributed by atoms with E-state index in [9.17, 15) is 10.1 Å². The van der Waals surface area contributed by atoms with Crippen molar-refractivity contribution < 1.29 is 4.92 Å². The second kappa shape index (κ2) is 3.22. The molecule has 2 rings (SSSR count). The zero-order valence-corrected chi connectivity index (χ0v) is 8.07. The van der Waals surface area contributed by atoms with E-state index in [1.165, 1.54) is 6.07 Å². The Morgan fingerprint density at radius 1 is 1.57 bits per heavy atom. The minimum absolute atomic E-state index is 0.0386. The van der Waals surface area contributed by atoms with Gasteiger partial charge in [-0.15, -0.1) is 0 Å². The van der Waals surface area contributed by atoms with Gasteiger partial charge in [0.2, 0.25) is 0 Å². The standard InChI is InChI=1S/C9H9ClN2O2/c10-7-2-1-5(6-4-8(6)11)3-9(7)12(13)14/h1-3,6,8H,4,11H2/t6-,8+/m0/s1. The Kier molecular flexibility index (Phi) is 2.17. The van der Waals surface area contributed by atoms with Crippen molar-refractivity contribution in [3.05, 3.63) is 38.9 Å². The average Bonchev–Trinajstić information content (AvgIpc) is 2.83. The van der Waals surface area contributed by atoms with Crippen LogP contribution >= 0.6 is 11.6 Å². The van der Waals surface area contributed by atoms with Gasteiger partial charge in [-0.25, -0.2) is 0 Å². The molecule has 2 atom stereocenters. The predicted octanol–water partition coefficient (Wildman–Crippen LogP) is 2.06. The van der Waals surface area contributed by atoms with Crippen LogP contribution in [0.1, 0.15) is 17.9 Å². The van der Waals surface area contributed by atoms with Crippen LogP contribution in [0, 0.1) is 10.1 Å². The van der Waals surface area contributed by atoms with Gasteiger partial charge in [-0.1, -0.05) is 17.7 Å². The van der Waals surface area contributed by atoms with Gasteiger partial charge in [0.25, 0.3) is 5.69 Å². The van der Waals surface area contributed by atoms with Crippen molar-refractivity contribution in [2.75, 3.05) is 0 Å². The van der Waals surface area contributed by atoms with Crippen LogP contribution in [-0.2, 0) is 0 Å². The minimum atomic E-state index is -0.472. The van der Waals surface area contributed by atoms with Crippen molar-refractivity contribution in [1.29, 1.82) is 0 Å². The van der Waals surface area contributed by atoms with Gasteiger partial charge in [-0.3, -0.25) is 10.1 Å². The van der Waals surface area contributed by atoms with Crippen LogP contribution in [0.3, 0.4) is 0 Å². The Balaban J connectivity index is 2.36. The van der Waals surface area contributed by atoms with E-state index in [0.29, 0.717) is 0 Å². The Hall–Kier alpha value is -1.13. The summed E-state index contributed by atoms with van der Waals surface area (Å²) in [4.78, 5) is 10.1. The molecule has 1 aliphatic carbocycles. The lowest BCUT2D eigenvalue weighted by Gasteiger charge is -1.99. The normalized spacial score (nSPS) is 24.7. The number of hydrogen-bond donors (Lipinski definition) is 1. The second-order valence-corrected chi connectivity index (χ2v) is 3.88. The van der Waals surface area contributed by atoms with E-state index >= 15 is 0 Å². The molecule has 0 amide bonds. The van der Waals surface area contributed by atoms with Crippen molar-refractivity contribution >= 4 is 17.3 Å². The predicted molar refractivity (Wildman–Crippen MR) is 53.4 cm³/mol. The largest absolute Gasteiger partial charge is 0.327 e. The molecule has 1 fully saturated rings. The molecule has 2 N–H and O–H groups in total. The molecule has 1 aliphatic rings. The molecule has 1 aromatic carbocycles. The summed E-state index contributed by atoms with van der Waals surface area (Å²) in [5.41, 5.74) is 6.53. The smallest absolute Gasteiger partial charge is 0.288 e. The highest BCUT2D eigenvalue weighted by Gasteiger charge is 2.35. The van der Waals surface area contributed by atoms with Crippen LogP contribution < -0.4 is 5.73 Å². The summed E-state index contributed by atoms with van der Waals surface area (Å²) in [6.45, 7) is 0. The molecule has 0 radical (unpaired) electrons. The molecule has 0 bridgehead atoms. The molecule has 0 heterocycles. The molecule has 5 heteroatoms. The molecular weight excluding hydrogens is 204 g/mol. The summed E-state index contributed by atoms with van der Waals surface area (Å²) in [6, 6.07) is 5.02. The molecule has 0 aliphatic heterocycles. The molecule has 14 heavy (non-hydrogen) atoms. The summed E-state index contributed by atoms with van der Waals surface area (Å²) in [7, 11) is 0. The number of benzene rings is 1. The Labute approximate surface area is 85.8 Å². The van der Waals surface area contributed by atoms with Gasteiger partial charge in [0.15, 0.2) is 0 Å². The van der Waals surface area contributed by atoms with Gasteiger partial charge in [-0.05, 0) is 18.1 Å². The highest BCUT2D eigenvalue weighted by Crippen LogP contribution is 2.41. The number of halogens is 1. The van der Waals surface area contributed by atoms with E-state index in [1.54, 1.807) is 12.1 Å². The summed E-state index contributed by atoms with van der Waals surface area (Å²) in [6.07, 6.45) is 0.902. The van der Waals surface area contributed by atoms with Crippen molar-refractivity contribution in [2.24, 2.45) is 5.73 Å². The summed E-state index contributed by atoms with van der Waals surface area (Å²) < 4.78 is 0. The number of nitrogens with zero attached hydrogens (tertiary/aromatic N) is 1. The van der Waals surface area contributed by atoms with Crippen molar-refractivity contribution in [2.45, 2.75) is 18.4 Å². The topological polar surface area (TPSA) is 69.2 Å². The van der Waals surface area contributed by atoms with Crippen LogP contribution in [0.15, 0.2) is 18.2 Å². The van der Waals surface area contributed by atoms with E-state index < -0.39 is 4.92 Å². The number of nitrogens with two attached hydrogens (primary N) is 1. The van der Waals surface area contributed by atoms with Gasteiger partial charge in [0.1, 0.15) is 5.02 Å². The molecule has 0 aromatic heterocycles. The number of rotatable bonds is 2. The molecular formula is C9H9ClN2O2. The van der Waals surface area contributed by atoms with Crippen LogP contribution in [0.5, 0.6) is 0 Å². The zero-order valence-electron chi connectivity index (χ0n) is 7.31. The summed E-state index contributed by atoms with van der Waals surface area (Å²) >= 11 is 5.68. The third-order valence-electron chi connectivity index (χ3n) is 2.43. The third kappa shape index (κ3) is 1.58.